The maximum atomic E-state index is 11.7. The van der Waals surface area contributed by atoms with E-state index in [1.807, 2.05) is 12.1 Å². The topological polar surface area (TPSA) is 54.0 Å². The summed E-state index contributed by atoms with van der Waals surface area (Å²) in [6, 6.07) is 11.0. The molecule has 0 atom stereocenters. The van der Waals surface area contributed by atoms with Crippen molar-refractivity contribution in [1.29, 1.82) is 0 Å². The summed E-state index contributed by atoms with van der Waals surface area (Å²) in [4.78, 5) is 15.7. The molecule has 5 heteroatoms. The van der Waals surface area contributed by atoms with Crippen molar-refractivity contribution in [3.05, 3.63) is 59.4 Å². The number of anilines is 1. The smallest absolute Gasteiger partial charge is 0.225 e. The van der Waals surface area contributed by atoms with Crippen LogP contribution < -0.4 is 10.6 Å². The van der Waals surface area contributed by atoms with Gasteiger partial charge in [-0.2, -0.15) is 0 Å². The largest absolute Gasteiger partial charge is 0.326 e. The molecule has 4 nitrogen and oxygen atoms in total. The van der Waals surface area contributed by atoms with E-state index in [-0.39, 0.29) is 5.91 Å². The number of carbonyl (C=O) groups excluding carboxylic acids is 1. The second-order valence-corrected chi connectivity index (χ2v) is 4.77. The molecule has 0 aliphatic heterocycles. The average molecular weight is 290 g/mol. The van der Waals surface area contributed by atoms with Gasteiger partial charge in [-0.05, 0) is 42.0 Å². The molecule has 0 saturated carbocycles. The minimum absolute atomic E-state index is 0.0189. The number of aromatic nitrogens is 1. The molecule has 0 spiro atoms. The van der Waals surface area contributed by atoms with Gasteiger partial charge in [-0.25, -0.2) is 0 Å². The highest BCUT2D eigenvalue weighted by atomic mass is 35.5. The number of amides is 1. The predicted octanol–water partition coefficient (Wildman–Crippen LogP) is 2.85. The van der Waals surface area contributed by atoms with E-state index >= 15 is 0 Å². The molecule has 1 heterocycles. The van der Waals surface area contributed by atoms with Crippen molar-refractivity contribution in [3.63, 3.8) is 0 Å². The van der Waals surface area contributed by atoms with Gasteiger partial charge in [0.2, 0.25) is 5.91 Å². The van der Waals surface area contributed by atoms with Gasteiger partial charge in [-0.1, -0.05) is 11.6 Å². The van der Waals surface area contributed by atoms with E-state index < -0.39 is 0 Å². The number of hydrogen-bond acceptors (Lipinski definition) is 3. The molecule has 1 amide bonds. The van der Waals surface area contributed by atoms with Crippen LogP contribution in [0.2, 0.25) is 5.02 Å². The second-order valence-electron chi connectivity index (χ2n) is 4.34. The molecule has 0 radical (unpaired) electrons. The first-order valence-corrected chi connectivity index (χ1v) is 6.77. The maximum absolute atomic E-state index is 11.7. The SMILES string of the molecule is O=C(CCNCc1ccncc1)Nc1ccc(Cl)cc1. The van der Waals surface area contributed by atoms with Crippen molar-refractivity contribution >= 4 is 23.2 Å². The average Bonchev–Trinajstić information content (AvgIpc) is 2.47. The third-order valence-corrected chi connectivity index (χ3v) is 2.99. The van der Waals surface area contributed by atoms with Crippen LogP contribution in [0.3, 0.4) is 0 Å². The van der Waals surface area contributed by atoms with Gasteiger partial charge < -0.3 is 10.6 Å². The second kappa shape index (κ2) is 7.62. The van der Waals surface area contributed by atoms with Gasteiger partial charge >= 0.3 is 0 Å². The van der Waals surface area contributed by atoms with Gasteiger partial charge in [0.1, 0.15) is 0 Å². The van der Waals surface area contributed by atoms with Crippen molar-refractivity contribution in [2.45, 2.75) is 13.0 Å². The highest BCUT2D eigenvalue weighted by Gasteiger charge is 2.02. The van der Waals surface area contributed by atoms with E-state index in [2.05, 4.69) is 15.6 Å². The van der Waals surface area contributed by atoms with Crippen LogP contribution in [0.15, 0.2) is 48.8 Å². The lowest BCUT2D eigenvalue weighted by Crippen LogP contribution is -2.21. The lowest BCUT2D eigenvalue weighted by molar-refractivity contribution is -0.116. The molecule has 0 bridgehead atoms. The predicted molar refractivity (Wildman–Crippen MR) is 80.6 cm³/mol. The van der Waals surface area contributed by atoms with Crippen LogP contribution in [0, 0.1) is 0 Å². The quantitative estimate of drug-likeness (QED) is 0.804. The number of nitrogens with one attached hydrogen (secondary N) is 2. The number of halogens is 1. The zero-order valence-electron chi connectivity index (χ0n) is 11.0. The molecule has 0 fully saturated rings. The van der Waals surface area contributed by atoms with Crippen molar-refractivity contribution in [2.24, 2.45) is 0 Å². The molecule has 20 heavy (non-hydrogen) atoms. The third-order valence-electron chi connectivity index (χ3n) is 2.74. The van der Waals surface area contributed by atoms with Crippen LogP contribution in [0.4, 0.5) is 5.69 Å². The van der Waals surface area contributed by atoms with E-state index in [4.69, 9.17) is 11.6 Å². The van der Waals surface area contributed by atoms with Crippen LogP contribution in [0.5, 0.6) is 0 Å². The van der Waals surface area contributed by atoms with Crippen LogP contribution in [-0.2, 0) is 11.3 Å². The number of pyridine rings is 1. The van der Waals surface area contributed by atoms with Gasteiger partial charge in [0, 0.05) is 42.6 Å². The zero-order chi connectivity index (χ0) is 14.2. The Hall–Kier alpha value is -1.91. The Morgan fingerprint density at radius 3 is 2.50 bits per heavy atom. The Morgan fingerprint density at radius 2 is 1.80 bits per heavy atom. The number of rotatable bonds is 6. The molecule has 0 aliphatic carbocycles. The van der Waals surface area contributed by atoms with Crippen molar-refractivity contribution in [3.8, 4) is 0 Å². The van der Waals surface area contributed by atoms with Crippen molar-refractivity contribution < 1.29 is 4.79 Å². The molecule has 0 aliphatic rings. The van der Waals surface area contributed by atoms with E-state index in [9.17, 15) is 4.79 Å². The van der Waals surface area contributed by atoms with E-state index in [0.717, 1.165) is 17.8 Å². The Balaban J connectivity index is 1.66. The first-order chi connectivity index (χ1) is 9.74. The molecule has 1 aromatic carbocycles. The van der Waals surface area contributed by atoms with E-state index in [1.165, 1.54) is 0 Å². The molecular formula is C15H16ClN3O. The summed E-state index contributed by atoms with van der Waals surface area (Å²) < 4.78 is 0. The number of hydrogen-bond donors (Lipinski definition) is 2. The monoisotopic (exact) mass is 289 g/mol. The lowest BCUT2D eigenvalue weighted by atomic mass is 10.2. The molecule has 2 aromatic rings. The minimum atomic E-state index is -0.0189. The third kappa shape index (κ3) is 4.99. The van der Waals surface area contributed by atoms with E-state index in [1.54, 1.807) is 36.7 Å². The van der Waals surface area contributed by atoms with Gasteiger partial charge in [-0.3, -0.25) is 9.78 Å². The highest BCUT2D eigenvalue weighted by molar-refractivity contribution is 6.30. The number of nitrogens with zero attached hydrogens (tertiary/aromatic N) is 1. The van der Waals surface area contributed by atoms with Crippen molar-refractivity contribution in [2.75, 3.05) is 11.9 Å². The summed E-state index contributed by atoms with van der Waals surface area (Å²) in [5.41, 5.74) is 1.91. The summed E-state index contributed by atoms with van der Waals surface area (Å²) in [5, 5.41) is 6.69. The molecule has 2 N–H and O–H groups in total. The summed E-state index contributed by atoms with van der Waals surface area (Å²) in [6.45, 7) is 1.36. The summed E-state index contributed by atoms with van der Waals surface area (Å²) in [6.07, 6.45) is 3.93. The molecule has 104 valence electrons. The molecule has 2 rings (SSSR count). The minimum Gasteiger partial charge on any atom is -0.326 e. The van der Waals surface area contributed by atoms with Crippen LogP contribution in [0.1, 0.15) is 12.0 Å². The number of carbonyl (C=O) groups is 1. The molecule has 0 saturated heterocycles. The maximum Gasteiger partial charge on any atom is 0.225 e. The Morgan fingerprint density at radius 1 is 1.10 bits per heavy atom. The van der Waals surface area contributed by atoms with Crippen LogP contribution in [0.25, 0.3) is 0 Å². The summed E-state index contributed by atoms with van der Waals surface area (Å²) in [5.74, 6) is -0.0189. The molecule has 1 aromatic heterocycles. The van der Waals surface area contributed by atoms with Gasteiger partial charge in [-0.15, -0.1) is 0 Å². The zero-order valence-corrected chi connectivity index (χ0v) is 11.7. The summed E-state index contributed by atoms with van der Waals surface area (Å²) >= 11 is 5.78. The van der Waals surface area contributed by atoms with Crippen molar-refractivity contribution in [1.82, 2.24) is 10.3 Å². The van der Waals surface area contributed by atoms with Gasteiger partial charge in [0.05, 0.1) is 0 Å². The fraction of sp³-hybridized carbons (Fsp3) is 0.200. The first kappa shape index (κ1) is 14.5. The van der Waals surface area contributed by atoms with Gasteiger partial charge in [0.25, 0.3) is 0 Å². The normalized spacial score (nSPS) is 10.2. The van der Waals surface area contributed by atoms with Crippen LogP contribution >= 0.6 is 11.6 Å². The highest BCUT2D eigenvalue weighted by Crippen LogP contribution is 2.13. The van der Waals surface area contributed by atoms with E-state index in [0.29, 0.717) is 18.0 Å². The fourth-order valence-electron chi connectivity index (χ4n) is 1.69. The number of benzene rings is 1. The Kier molecular flexibility index (Phi) is 5.53. The van der Waals surface area contributed by atoms with Crippen LogP contribution in [-0.4, -0.2) is 17.4 Å². The lowest BCUT2D eigenvalue weighted by Gasteiger charge is -2.06. The Labute approximate surface area is 123 Å². The molecule has 0 unspecified atom stereocenters. The Bertz CT molecular complexity index is 543. The standard InChI is InChI=1S/C15H16ClN3O/c16-13-1-3-14(4-2-13)19-15(20)7-10-18-11-12-5-8-17-9-6-12/h1-6,8-9,18H,7,10-11H2,(H,19,20). The summed E-state index contributed by atoms with van der Waals surface area (Å²) in [7, 11) is 0. The fourth-order valence-corrected chi connectivity index (χ4v) is 1.82. The molecular weight excluding hydrogens is 274 g/mol. The van der Waals surface area contributed by atoms with Gasteiger partial charge in [0.15, 0.2) is 0 Å². The first-order valence-electron chi connectivity index (χ1n) is 6.39.